The van der Waals surface area contributed by atoms with E-state index in [-0.39, 0.29) is 9.26 Å². The van der Waals surface area contributed by atoms with Gasteiger partial charge < -0.3 is 5.32 Å². The molecule has 0 saturated heterocycles. The zero-order chi connectivity index (χ0) is 14.8. The van der Waals surface area contributed by atoms with Crippen molar-refractivity contribution < 1.29 is 22.0 Å². The van der Waals surface area contributed by atoms with Gasteiger partial charge in [-0.05, 0) is 34.7 Å². The number of anilines is 1. The molecule has 1 amide bonds. The minimum absolute atomic E-state index is 0.0673. The Morgan fingerprint density at radius 2 is 1.84 bits per heavy atom. The Balaban J connectivity index is 2.78. The van der Waals surface area contributed by atoms with Gasteiger partial charge in [0.15, 0.2) is 0 Å². The topological polar surface area (TPSA) is 66.5 Å². The molecule has 19 heavy (non-hydrogen) atoms. The van der Waals surface area contributed by atoms with Crippen LogP contribution in [-0.4, -0.2) is 38.5 Å². The predicted molar refractivity (Wildman–Crippen MR) is 75.2 cm³/mol. The van der Waals surface area contributed by atoms with E-state index in [2.05, 4.69) is 5.32 Å². The molecule has 0 bridgehead atoms. The van der Waals surface area contributed by atoms with Crippen LogP contribution in [0.15, 0.2) is 12.1 Å². The lowest BCUT2D eigenvalue weighted by Crippen LogP contribution is -2.34. The van der Waals surface area contributed by atoms with Crippen LogP contribution in [0.5, 0.6) is 0 Å². The normalized spacial score (nSPS) is 11.7. The quantitative estimate of drug-likeness (QED) is 0.610. The van der Waals surface area contributed by atoms with E-state index in [1.807, 2.05) is 0 Å². The van der Waals surface area contributed by atoms with E-state index in [1.54, 1.807) is 0 Å². The Labute approximate surface area is 123 Å². The van der Waals surface area contributed by atoms with Gasteiger partial charge in [0.05, 0.1) is 16.4 Å². The predicted octanol–water partition coefficient (Wildman–Crippen LogP) is 1.40. The number of carbonyl (C=O) groups excluding carboxylic acids is 1. The number of halogens is 3. The second-order valence-electron chi connectivity index (χ2n) is 3.82. The molecule has 0 aliphatic rings. The molecule has 1 N–H and O–H groups in total. The third-order valence-corrected chi connectivity index (χ3v) is 4.49. The smallest absolute Gasteiger partial charge is 0.239 e. The molecule has 0 aliphatic heterocycles. The van der Waals surface area contributed by atoms with E-state index in [9.17, 15) is 22.0 Å². The Kier molecular flexibility index (Phi) is 5.21. The largest absolute Gasteiger partial charge is 0.325 e. The maximum atomic E-state index is 13.2. The van der Waals surface area contributed by atoms with Crippen molar-refractivity contribution in [3.63, 3.8) is 0 Å². The van der Waals surface area contributed by atoms with Gasteiger partial charge in [-0.25, -0.2) is 17.2 Å². The first kappa shape index (κ1) is 16.2. The molecule has 106 valence electrons. The van der Waals surface area contributed by atoms with Crippen molar-refractivity contribution in [2.45, 2.75) is 0 Å². The number of carbonyl (C=O) groups is 1. The lowest BCUT2D eigenvalue weighted by atomic mass is 10.3. The van der Waals surface area contributed by atoms with Gasteiger partial charge in [-0.3, -0.25) is 4.79 Å². The second kappa shape index (κ2) is 6.09. The van der Waals surface area contributed by atoms with Crippen molar-refractivity contribution in [2.24, 2.45) is 0 Å². The van der Waals surface area contributed by atoms with Crippen LogP contribution in [0, 0.1) is 15.2 Å². The maximum absolute atomic E-state index is 13.2. The average molecular weight is 404 g/mol. The minimum Gasteiger partial charge on any atom is -0.325 e. The summed E-state index contributed by atoms with van der Waals surface area (Å²) in [5.74, 6) is -2.28. The summed E-state index contributed by atoms with van der Waals surface area (Å²) in [6.07, 6.45) is 0.949. The molecule has 0 aromatic heterocycles. The highest BCUT2D eigenvalue weighted by atomic mass is 127. The molecule has 9 heteroatoms. The number of likely N-dealkylation sites (N-methyl/N-ethyl adjacent to an activating group) is 1. The van der Waals surface area contributed by atoms with Gasteiger partial charge in [0.25, 0.3) is 0 Å². The first-order valence-corrected chi connectivity index (χ1v) is 7.89. The third-order valence-electron chi connectivity index (χ3n) is 2.20. The summed E-state index contributed by atoms with van der Waals surface area (Å²) in [4.78, 5) is 11.5. The number of nitrogens with zero attached hydrogens (tertiary/aromatic N) is 1. The summed E-state index contributed by atoms with van der Waals surface area (Å²) >= 11 is 1.50. The number of amides is 1. The summed E-state index contributed by atoms with van der Waals surface area (Å²) in [6.45, 7) is -0.436. The lowest BCUT2D eigenvalue weighted by Gasteiger charge is -2.13. The summed E-state index contributed by atoms with van der Waals surface area (Å²) in [5, 5.41) is 2.23. The molecule has 0 heterocycles. The van der Waals surface area contributed by atoms with Gasteiger partial charge >= 0.3 is 0 Å². The molecule has 0 radical (unpaired) electrons. The van der Waals surface area contributed by atoms with Crippen LogP contribution in [0.25, 0.3) is 0 Å². The van der Waals surface area contributed by atoms with E-state index < -0.39 is 34.1 Å². The summed E-state index contributed by atoms with van der Waals surface area (Å²) < 4.78 is 49.3. The zero-order valence-corrected chi connectivity index (χ0v) is 13.0. The van der Waals surface area contributed by atoms with Crippen LogP contribution in [0.3, 0.4) is 0 Å². The minimum atomic E-state index is -3.49. The number of benzene rings is 1. The van der Waals surface area contributed by atoms with Gasteiger partial charge in [0.1, 0.15) is 11.6 Å². The Morgan fingerprint density at radius 3 is 2.26 bits per heavy atom. The molecule has 1 aromatic rings. The molecule has 0 fully saturated rings. The van der Waals surface area contributed by atoms with Crippen molar-refractivity contribution >= 4 is 44.2 Å². The number of nitrogens with one attached hydrogen (secondary N) is 1. The average Bonchev–Trinajstić information content (AvgIpc) is 2.24. The van der Waals surface area contributed by atoms with Gasteiger partial charge in [-0.2, -0.15) is 4.31 Å². The van der Waals surface area contributed by atoms with E-state index >= 15 is 0 Å². The van der Waals surface area contributed by atoms with E-state index in [0.29, 0.717) is 0 Å². The molecule has 0 aliphatic carbocycles. The molecule has 1 aromatic carbocycles. The van der Waals surface area contributed by atoms with Gasteiger partial charge in [0, 0.05) is 12.7 Å². The fourth-order valence-electron chi connectivity index (χ4n) is 1.15. The number of hydrogen-bond acceptors (Lipinski definition) is 3. The summed E-state index contributed by atoms with van der Waals surface area (Å²) in [7, 11) is -2.26. The summed E-state index contributed by atoms with van der Waals surface area (Å²) in [6, 6.07) is 1.92. The fraction of sp³-hybridized carbons (Fsp3) is 0.300. The first-order chi connectivity index (χ1) is 8.61. The van der Waals surface area contributed by atoms with Crippen LogP contribution in [0.4, 0.5) is 14.5 Å². The SMILES string of the molecule is CN(CC(=O)Nc1cc(F)c(I)c(F)c1)S(C)(=O)=O. The molecular formula is C10H11F2IN2O3S. The monoisotopic (exact) mass is 404 g/mol. The van der Waals surface area contributed by atoms with Crippen molar-refractivity contribution in [1.29, 1.82) is 0 Å². The van der Waals surface area contributed by atoms with Crippen molar-refractivity contribution in [1.82, 2.24) is 4.31 Å². The third kappa shape index (κ3) is 4.66. The van der Waals surface area contributed by atoms with Gasteiger partial charge in [-0.15, -0.1) is 0 Å². The van der Waals surface area contributed by atoms with Crippen LogP contribution in [0.2, 0.25) is 0 Å². The molecule has 0 unspecified atom stereocenters. The zero-order valence-electron chi connectivity index (χ0n) is 10.1. The van der Waals surface area contributed by atoms with Gasteiger partial charge in [-0.1, -0.05) is 0 Å². The highest BCUT2D eigenvalue weighted by Crippen LogP contribution is 2.20. The second-order valence-corrected chi connectivity index (χ2v) is 6.99. The van der Waals surface area contributed by atoms with Crippen LogP contribution < -0.4 is 5.32 Å². The number of hydrogen-bond donors (Lipinski definition) is 1. The van der Waals surface area contributed by atoms with Gasteiger partial charge in [0.2, 0.25) is 15.9 Å². The molecular weight excluding hydrogens is 393 g/mol. The standard InChI is InChI=1S/C10H11F2IN2O3S/c1-15(19(2,17)18)5-9(16)14-6-3-7(11)10(13)8(12)4-6/h3-4H,5H2,1-2H3,(H,14,16). The highest BCUT2D eigenvalue weighted by molar-refractivity contribution is 14.1. The van der Waals surface area contributed by atoms with Crippen LogP contribution in [0.1, 0.15) is 0 Å². The van der Waals surface area contributed by atoms with E-state index in [4.69, 9.17) is 0 Å². The van der Waals surface area contributed by atoms with Crippen LogP contribution in [-0.2, 0) is 14.8 Å². The number of sulfonamides is 1. The molecule has 0 spiro atoms. The lowest BCUT2D eigenvalue weighted by molar-refractivity contribution is -0.116. The van der Waals surface area contributed by atoms with Crippen molar-refractivity contribution in [3.8, 4) is 0 Å². The molecule has 0 saturated carbocycles. The van der Waals surface area contributed by atoms with Crippen molar-refractivity contribution in [3.05, 3.63) is 27.3 Å². The van der Waals surface area contributed by atoms with Crippen LogP contribution >= 0.6 is 22.6 Å². The highest BCUT2D eigenvalue weighted by Gasteiger charge is 2.16. The first-order valence-electron chi connectivity index (χ1n) is 4.97. The molecule has 5 nitrogen and oxygen atoms in total. The Hall–Kier alpha value is -0.810. The number of rotatable bonds is 4. The van der Waals surface area contributed by atoms with E-state index in [0.717, 1.165) is 22.7 Å². The molecule has 1 rings (SSSR count). The van der Waals surface area contributed by atoms with Crippen molar-refractivity contribution in [2.75, 3.05) is 25.2 Å². The Morgan fingerprint density at radius 1 is 1.37 bits per heavy atom. The maximum Gasteiger partial charge on any atom is 0.239 e. The molecule has 0 atom stereocenters. The summed E-state index contributed by atoms with van der Waals surface area (Å²) in [5.41, 5.74) is -0.0673. The van der Waals surface area contributed by atoms with E-state index in [1.165, 1.54) is 29.6 Å². The Bertz CT molecular complexity index is 584. The fourth-order valence-corrected chi connectivity index (χ4v) is 1.81.